The summed E-state index contributed by atoms with van der Waals surface area (Å²) < 4.78 is 45.6. The highest BCUT2D eigenvalue weighted by Gasteiger charge is 2.22. The summed E-state index contributed by atoms with van der Waals surface area (Å²) in [7, 11) is 0. The Bertz CT molecular complexity index is 823. The number of amides is 1. The number of carbonyl (C=O) groups is 2. The largest absolute Gasteiger partial charge is 0.466 e. The second kappa shape index (κ2) is 8.48. The minimum absolute atomic E-state index is 0.0131. The van der Waals surface area contributed by atoms with Crippen LogP contribution >= 0.6 is 11.3 Å². The SMILES string of the molecule is CCOC(=O)CCC(=O)N(Cc1nc2c(F)c(F)cc(F)c2s1)C(C)C. The molecule has 2 aromatic rings. The van der Waals surface area contributed by atoms with Crippen LogP contribution in [0.4, 0.5) is 13.2 Å². The molecule has 0 atom stereocenters. The maximum atomic E-state index is 13.8. The maximum Gasteiger partial charge on any atom is 0.306 e. The Hall–Kier alpha value is -2.16. The first kappa shape index (κ1) is 20.2. The summed E-state index contributed by atoms with van der Waals surface area (Å²) in [5, 5.41) is 0.279. The van der Waals surface area contributed by atoms with E-state index in [9.17, 15) is 22.8 Å². The molecule has 0 aliphatic rings. The molecule has 0 aliphatic carbocycles. The molecule has 2 rings (SSSR count). The number of aromatic nitrogens is 1. The first-order chi connectivity index (χ1) is 12.2. The van der Waals surface area contributed by atoms with Crippen molar-refractivity contribution in [3.8, 4) is 0 Å². The number of ether oxygens (including phenoxy) is 1. The van der Waals surface area contributed by atoms with Crippen LogP contribution in [0, 0.1) is 17.5 Å². The van der Waals surface area contributed by atoms with Crippen molar-refractivity contribution in [2.24, 2.45) is 0 Å². The van der Waals surface area contributed by atoms with Crippen LogP contribution < -0.4 is 0 Å². The first-order valence-corrected chi connectivity index (χ1v) is 8.94. The molecular formula is C17H19F3N2O3S. The minimum Gasteiger partial charge on any atom is -0.466 e. The third-order valence-electron chi connectivity index (χ3n) is 3.66. The van der Waals surface area contributed by atoms with E-state index < -0.39 is 23.4 Å². The van der Waals surface area contributed by atoms with Gasteiger partial charge in [0, 0.05) is 18.5 Å². The number of carbonyl (C=O) groups excluding carboxylic acids is 2. The summed E-state index contributed by atoms with van der Waals surface area (Å²) in [5.74, 6) is -4.19. The van der Waals surface area contributed by atoms with Crippen molar-refractivity contribution in [1.29, 1.82) is 0 Å². The van der Waals surface area contributed by atoms with Gasteiger partial charge in [-0.3, -0.25) is 9.59 Å². The lowest BCUT2D eigenvalue weighted by Gasteiger charge is -2.25. The van der Waals surface area contributed by atoms with Gasteiger partial charge in [0.05, 0.1) is 24.3 Å². The molecular weight excluding hydrogens is 369 g/mol. The summed E-state index contributed by atoms with van der Waals surface area (Å²) in [6, 6.07) is 0.257. The number of hydrogen-bond donors (Lipinski definition) is 0. The topological polar surface area (TPSA) is 59.5 Å². The number of rotatable bonds is 7. The fourth-order valence-electron chi connectivity index (χ4n) is 2.39. The van der Waals surface area contributed by atoms with Crippen molar-refractivity contribution in [1.82, 2.24) is 9.88 Å². The van der Waals surface area contributed by atoms with Crippen LogP contribution in [0.5, 0.6) is 0 Å². The first-order valence-electron chi connectivity index (χ1n) is 8.12. The molecule has 1 heterocycles. The molecule has 1 amide bonds. The molecule has 142 valence electrons. The van der Waals surface area contributed by atoms with Gasteiger partial charge in [0.25, 0.3) is 0 Å². The number of thiazole rings is 1. The molecule has 26 heavy (non-hydrogen) atoms. The zero-order valence-corrected chi connectivity index (χ0v) is 15.5. The smallest absolute Gasteiger partial charge is 0.306 e. The van der Waals surface area contributed by atoms with Gasteiger partial charge in [-0.25, -0.2) is 18.2 Å². The molecule has 0 unspecified atom stereocenters. The van der Waals surface area contributed by atoms with Crippen LogP contribution in [0.3, 0.4) is 0 Å². The van der Waals surface area contributed by atoms with Crippen molar-refractivity contribution in [2.45, 2.75) is 46.2 Å². The summed E-state index contributed by atoms with van der Waals surface area (Å²) in [4.78, 5) is 29.2. The third-order valence-corrected chi connectivity index (χ3v) is 4.71. The van der Waals surface area contributed by atoms with Crippen LogP contribution in [0.1, 0.15) is 38.6 Å². The van der Waals surface area contributed by atoms with E-state index >= 15 is 0 Å². The fourth-order valence-corrected chi connectivity index (χ4v) is 3.35. The Morgan fingerprint density at radius 2 is 1.92 bits per heavy atom. The lowest BCUT2D eigenvalue weighted by Crippen LogP contribution is -2.36. The van der Waals surface area contributed by atoms with Gasteiger partial charge in [-0.2, -0.15) is 0 Å². The lowest BCUT2D eigenvalue weighted by molar-refractivity contribution is -0.146. The Morgan fingerprint density at radius 3 is 2.54 bits per heavy atom. The number of esters is 1. The summed E-state index contributed by atoms with van der Waals surface area (Å²) >= 11 is 0.864. The molecule has 1 aromatic heterocycles. The Morgan fingerprint density at radius 1 is 1.23 bits per heavy atom. The summed E-state index contributed by atoms with van der Waals surface area (Å²) in [6.45, 7) is 5.47. The maximum absolute atomic E-state index is 13.8. The summed E-state index contributed by atoms with van der Waals surface area (Å²) in [5.41, 5.74) is -0.384. The van der Waals surface area contributed by atoms with E-state index in [2.05, 4.69) is 4.98 Å². The van der Waals surface area contributed by atoms with Gasteiger partial charge >= 0.3 is 5.97 Å². The van der Waals surface area contributed by atoms with E-state index in [0.717, 1.165) is 11.3 Å². The standard InChI is InChI=1S/C17H19F3N2O3S/c1-4-25-14(24)6-5-13(23)22(9(2)3)8-12-21-16-15(20)10(18)7-11(19)17(16)26-12/h7,9H,4-6,8H2,1-3H3. The molecule has 0 spiro atoms. The van der Waals surface area contributed by atoms with Crippen molar-refractivity contribution < 1.29 is 27.5 Å². The Balaban J connectivity index is 2.18. The molecule has 9 heteroatoms. The average Bonchev–Trinajstić information content (AvgIpc) is 3.00. The predicted molar refractivity (Wildman–Crippen MR) is 91.0 cm³/mol. The zero-order valence-electron chi connectivity index (χ0n) is 14.6. The number of fused-ring (bicyclic) bond motifs is 1. The molecule has 0 N–H and O–H groups in total. The van der Waals surface area contributed by atoms with Crippen molar-refractivity contribution in [3.05, 3.63) is 28.5 Å². The van der Waals surface area contributed by atoms with Gasteiger partial charge in [0.1, 0.15) is 16.3 Å². The highest BCUT2D eigenvalue weighted by molar-refractivity contribution is 7.18. The molecule has 0 saturated carbocycles. The molecule has 5 nitrogen and oxygen atoms in total. The molecule has 0 aliphatic heterocycles. The van der Waals surface area contributed by atoms with E-state index in [4.69, 9.17) is 4.74 Å². The van der Waals surface area contributed by atoms with Gasteiger partial charge < -0.3 is 9.64 Å². The molecule has 0 bridgehead atoms. The monoisotopic (exact) mass is 388 g/mol. The predicted octanol–water partition coefficient (Wildman–Crippen LogP) is 3.79. The van der Waals surface area contributed by atoms with E-state index in [1.807, 2.05) is 0 Å². The van der Waals surface area contributed by atoms with Crippen molar-refractivity contribution in [2.75, 3.05) is 6.61 Å². The highest BCUT2D eigenvalue weighted by atomic mass is 32.1. The van der Waals surface area contributed by atoms with Crippen LogP contribution in [0.25, 0.3) is 10.2 Å². The van der Waals surface area contributed by atoms with Crippen molar-refractivity contribution in [3.63, 3.8) is 0 Å². The van der Waals surface area contributed by atoms with Crippen LogP contribution in [0.15, 0.2) is 6.07 Å². The normalized spacial score (nSPS) is 11.2. The van der Waals surface area contributed by atoms with Gasteiger partial charge in [0.15, 0.2) is 11.6 Å². The molecule has 0 saturated heterocycles. The molecule has 0 fully saturated rings. The lowest BCUT2D eigenvalue weighted by atomic mass is 10.2. The van der Waals surface area contributed by atoms with E-state index in [1.54, 1.807) is 20.8 Å². The minimum atomic E-state index is -1.31. The van der Waals surface area contributed by atoms with Gasteiger partial charge in [-0.15, -0.1) is 11.3 Å². The highest BCUT2D eigenvalue weighted by Crippen LogP contribution is 2.29. The zero-order chi connectivity index (χ0) is 19.4. The molecule has 1 aromatic carbocycles. The fraction of sp³-hybridized carbons (Fsp3) is 0.471. The number of benzene rings is 1. The number of halogens is 3. The van der Waals surface area contributed by atoms with E-state index in [1.165, 1.54) is 4.90 Å². The third kappa shape index (κ3) is 4.51. The quantitative estimate of drug-likeness (QED) is 0.535. The van der Waals surface area contributed by atoms with E-state index in [0.29, 0.717) is 6.07 Å². The number of hydrogen-bond acceptors (Lipinski definition) is 5. The summed E-state index contributed by atoms with van der Waals surface area (Å²) in [6.07, 6.45) is -0.0938. The van der Waals surface area contributed by atoms with Gasteiger partial charge in [-0.1, -0.05) is 0 Å². The van der Waals surface area contributed by atoms with Crippen LogP contribution in [-0.4, -0.2) is 34.4 Å². The van der Waals surface area contributed by atoms with Crippen molar-refractivity contribution >= 4 is 33.4 Å². The second-order valence-corrected chi connectivity index (χ2v) is 6.94. The second-order valence-electron chi connectivity index (χ2n) is 5.86. The Labute approximate surface area is 152 Å². The average molecular weight is 388 g/mol. The van der Waals surface area contributed by atoms with Crippen LogP contribution in [-0.2, 0) is 20.9 Å². The van der Waals surface area contributed by atoms with Gasteiger partial charge in [0.2, 0.25) is 5.91 Å². The Kier molecular flexibility index (Phi) is 6.57. The van der Waals surface area contributed by atoms with E-state index in [-0.39, 0.29) is 53.2 Å². The number of nitrogens with zero attached hydrogens (tertiary/aromatic N) is 2. The van der Waals surface area contributed by atoms with Crippen LogP contribution in [0.2, 0.25) is 0 Å². The van der Waals surface area contributed by atoms with Gasteiger partial charge in [-0.05, 0) is 20.8 Å². The molecule has 0 radical (unpaired) electrons.